The number of carboxylic acid groups (broad SMARTS) is 1. The summed E-state index contributed by atoms with van der Waals surface area (Å²) in [4.78, 5) is 24.5. The van der Waals surface area contributed by atoms with Crippen molar-refractivity contribution in [3.63, 3.8) is 0 Å². The van der Waals surface area contributed by atoms with E-state index in [0.717, 1.165) is 50.1 Å². The number of anilines is 1. The number of methoxy groups -OCH3 is 2. The number of alkyl halides is 6. The fourth-order valence-corrected chi connectivity index (χ4v) is 7.17. The third-order valence-corrected chi connectivity index (χ3v) is 9.33. The summed E-state index contributed by atoms with van der Waals surface area (Å²) in [5.74, 6) is -1.33. The Hall–Kier alpha value is -3.68. The van der Waals surface area contributed by atoms with Gasteiger partial charge in [0.15, 0.2) is 11.5 Å². The Balaban J connectivity index is 0.000000617. The van der Waals surface area contributed by atoms with E-state index in [9.17, 15) is 31.1 Å². The number of carboxylic acids is 1. The van der Waals surface area contributed by atoms with Crippen LogP contribution >= 0.6 is 0 Å². The van der Waals surface area contributed by atoms with Crippen molar-refractivity contribution in [3.05, 3.63) is 53.6 Å². The zero-order valence-electron chi connectivity index (χ0n) is 25.6. The summed E-state index contributed by atoms with van der Waals surface area (Å²) in [5.41, 5.74) is 0.539. The molecule has 3 aliphatic rings. The van der Waals surface area contributed by atoms with Crippen LogP contribution in [0.1, 0.15) is 68.9 Å². The van der Waals surface area contributed by atoms with Crippen LogP contribution in [0, 0.1) is 0 Å². The highest BCUT2D eigenvalue weighted by atomic mass is 19.4. The molecule has 8 nitrogen and oxygen atoms in total. The summed E-state index contributed by atoms with van der Waals surface area (Å²) in [7, 11) is 3.30. The molecular weight excluding hydrogens is 620 g/mol. The molecule has 46 heavy (non-hydrogen) atoms. The Morgan fingerprint density at radius 3 is 2.20 bits per heavy atom. The van der Waals surface area contributed by atoms with Gasteiger partial charge in [0.05, 0.1) is 19.8 Å². The van der Waals surface area contributed by atoms with Gasteiger partial charge in [0.1, 0.15) is 0 Å². The Morgan fingerprint density at radius 1 is 0.913 bits per heavy atom. The van der Waals surface area contributed by atoms with E-state index in [4.69, 9.17) is 19.4 Å². The van der Waals surface area contributed by atoms with E-state index in [2.05, 4.69) is 27.7 Å². The summed E-state index contributed by atoms with van der Waals surface area (Å²) in [6, 6.07) is 11.2. The molecule has 3 N–H and O–H groups in total. The van der Waals surface area contributed by atoms with E-state index >= 15 is 0 Å². The summed E-state index contributed by atoms with van der Waals surface area (Å²) in [5, 5.41) is 12.8. The minimum atomic E-state index is -5.08. The zero-order valence-corrected chi connectivity index (χ0v) is 25.6. The van der Waals surface area contributed by atoms with Gasteiger partial charge in [0, 0.05) is 29.2 Å². The first-order valence-electron chi connectivity index (χ1n) is 15.2. The molecule has 3 fully saturated rings. The number of nitrogens with one attached hydrogen (secondary N) is 2. The number of halogens is 6. The molecule has 2 aliphatic carbocycles. The topological polar surface area (TPSA) is 100 Å². The number of fused-ring (bicyclic) bond motifs is 1. The van der Waals surface area contributed by atoms with Crippen LogP contribution in [-0.2, 0) is 16.4 Å². The lowest BCUT2D eigenvalue weighted by molar-refractivity contribution is -0.192. The van der Waals surface area contributed by atoms with Crippen LogP contribution in [0.4, 0.5) is 36.8 Å². The van der Waals surface area contributed by atoms with E-state index in [-0.39, 0.29) is 23.2 Å². The second kappa shape index (κ2) is 14.4. The fourth-order valence-electron chi connectivity index (χ4n) is 7.17. The summed E-state index contributed by atoms with van der Waals surface area (Å²) in [6.45, 7) is 1.02. The SMILES string of the molecule is COc1ccc([C@@]23CC[C@@H](NC(=O)Nc4cccc(C(F)(F)F)c4)C[C@@H]2N(C2CCCCC2)CC3)cc1OC.O=C(O)C(F)(F)F. The molecule has 2 aromatic rings. The Bertz CT molecular complexity index is 1360. The molecule has 1 aliphatic heterocycles. The monoisotopic (exact) mass is 659 g/mol. The summed E-state index contributed by atoms with van der Waals surface area (Å²) in [6.07, 6.45) is 0.180. The highest BCUT2D eigenvalue weighted by Crippen LogP contribution is 2.52. The molecule has 0 radical (unpaired) electrons. The van der Waals surface area contributed by atoms with Gasteiger partial charge in [0.25, 0.3) is 0 Å². The lowest BCUT2D eigenvalue weighted by Gasteiger charge is -2.47. The second-order valence-electron chi connectivity index (χ2n) is 12.0. The van der Waals surface area contributed by atoms with Crippen LogP contribution in [0.15, 0.2) is 42.5 Å². The van der Waals surface area contributed by atoms with Crippen molar-refractivity contribution in [3.8, 4) is 11.5 Å². The van der Waals surface area contributed by atoms with Gasteiger partial charge in [-0.05, 0) is 81.0 Å². The number of hydrogen-bond acceptors (Lipinski definition) is 5. The number of benzene rings is 2. The molecule has 2 aromatic carbocycles. The van der Waals surface area contributed by atoms with E-state index in [0.29, 0.717) is 11.8 Å². The van der Waals surface area contributed by atoms with Crippen molar-refractivity contribution in [1.29, 1.82) is 0 Å². The highest BCUT2D eigenvalue weighted by Gasteiger charge is 2.53. The van der Waals surface area contributed by atoms with Gasteiger partial charge in [-0.1, -0.05) is 31.4 Å². The van der Waals surface area contributed by atoms with Crippen molar-refractivity contribution in [2.45, 2.75) is 93.7 Å². The summed E-state index contributed by atoms with van der Waals surface area (Å²) < 4.78 is 82.2. The first-order valence-corrected chi connectivity index (χ1v) is 15.2. The molecule has 0 unspecified atom stereocenters. The fraction of sp³-hybridized carbons (Fsp3) is 0.562. The van der Waals surface area contributed by atoms with Crippen molar-refractivity contribution in [2.24, 2.45) is 0 Å². The Morgan fingerprint density at radius 2 is 1.59 bits per heavy atom. The normalized spacial score (nSPS) is 23.8. The Labute approximate surface area is 263 Å². The van der Waals surface area contributed by atoms with E-state index in [1.807, 2.05) is 6.07 Å². The molecule has 0 aromatic heterocycles. The van der Waals surface area contributed by atoms with Gasteiger partial charge < -0.3 is 25.2 Å². The van der Waals surface area contributed by atoms with Gasteiger partial charge >= 0.3 is 24.4 Å². The molecule has 2 amide bonds. The number of nitrogens with zero attached hydrogens (tertiary/aromatic N) is 1. The van der Waals surface area contributed by atoms with Crippen LogP contribution in [0.25, 0.3) is 0 Å². The number of aliphatic carboxylic acids is 1. The predicted molar refractivity (Wildman–Crippen MR) is 158 cm³/mol. The number of likely N-dealkylation sites (tertiary alicyclic amines) is 1. The molecule has 1 heterocycles. The summed E-state index contributed by atoms with van der Waals surface area (Å²) >= 11 is 0. The average molecular weight is 660 g/mol. The molecule has 5 rings (SSSR count). The van der Waals surface area contributed by atoms with Crippen LogP contribution in [-0.4, -0.2) is 67.1 Å². The van der Waals surface area contributed by atoms with Crippen molar-refractivity contribution >= 4 is 17.7 Å². The van der Waals surface area contributed by atoms with Crippen molar-refractivity contribution < 1.29 is 50.5 Å². The number of rotatable bonds is 6. The Kier molecular flexibility index (Phi) is 11.0. The first kappa shape index (κ1) is 35.2. The average Bonchev–Trinajstić information content (AvgIpc) is 3.40. The third-order valence-electron chi connectivity index (χ3n) is 9.33. The minimum absolute atomic E-state index is 0.0489. The maximum Gasteiger partial charge on any atom is 0.490 e. The molecule has 0 bridgehead atoms. The molecule has 254 valence electrons. The predicted octanol–water partition coefficient (Wildman–Crippen LogP) is 7.37. The molecule has 2 saturated carbocycles. The maximum atomic E-state index is 13.1. The highest BCUT2D eigenvalue weighted by molar-refractivity contribution is 5.89. The first-order chi connectivity index (χ1) is 21.7. The number of urea groups is 1. The lowest BCUT2D eigenvalue weighted by Crippen LogP contribution is -2.55. The van der Waals surface area contributed by atoms with Crippen LogP contribution < -0.4 is 20.1 Å². The van der Waals surface area contributed by atoms with Gasteiger partial charge in [-0.3, -0.25) is 4.90 Å². The van der Waals surface area contributed by atoms with Crippen molar-refractivity contribution in [1.82, 2.24) is 10.2 Å². The largest absolute Gasteiger partial charge is 0.493 e. The number of ether oxygens (including phenoxy) is 2. The molecule has 3 atom stereocenters. The quantitative estimate of drug-likeness (QED) is 0.280. The standard InChI is InChI=1S/C30H38F3N3O3.C2HF3O2/c1-38-25-12-11-20(18-26(25)39-2)29-14-13-23(19-27(29)36(16-15-29)24-9-4-3-5-10-24)35-28(37)34-22-8-6-7-21(17-22)30(31,32)33;3-2(4,5)1(6)7/h6-8,11-12,17-18,23-24,27H,3-5,9-10,13-16,19H2,1-2H3,(H2,34,35,37);(H,6,7)/t23-,27+,29+;/m1./s1. The van der Waals surface area contributed by atoms with E-state index in [1.54, 1.807) is 14.2 Å². The molecule has 1 saturated heterocycles. The molecule has 14 heteroatoms. The molecule has 0 spiro atoms. The second-order valence-corrected chi connectivity index (χ2v) is 12.0. The number of carbonyl (C=O) groups excluding carboxylic acids is 1. The van der Waals surface area contributed by atoms with Gasteiger partial charge in [-0.25, -0.2) is 9.59 Å². The van der Waals surface area contributed by atoms with E-state index < -0.39 is 29.9 Å². The zero-order chi connectivity index (χ0) is 33.7. The minimum Gasteiger partial charge on any atom is -0.493 e. The maximum absolute atomic E-state index is 13.1. The number of hydrogen-bond donors (Lipinski definition) is 3. The van der Waals surface area contributed by atoms with Gasteiger partial charge in [0.2, 0.25) is 0 Å². The van der Waals surface area contributed by atoms with Gasteiger partial charge in [-0.15, -0.1) is 0 Å². The lowest BCUT2D eigenvalue weighted by atomic mass is 9.64. The van der Waals surface area contributed by atoms with Crippen LogP contribution in [0.5, 0.6) is 11.5 Å². The van der Waals surface area contributed by atoms with Crippen LogP contribution in [0.2, 0.25) is 0 Å². The van der Waals surface area contributed by atoms with Gasteiger partial charge in [-0.2, -0.15) is 26.3 Å². The van der Waals surface area contributed by atoms with E-state index in [1.165, 1.54) is 49.8 Å². The molecular formula is C32H39F6N3O5. The number of amides is 2. The van der Waals surface area contributed by atoms with Crippen molar-refractivity contribution in [2.75, 3.05) is 26.1 Å². The number of carbonyl (C=O) groups is 2. The third kappa shape index (κ3) is 8.18. The van der Waals surface area contributed by atoms with Crippen LogP contribution in [0.3, 0.4) is 0 Å². The smallest absolute Gasteiger partial charge is 0.490 e.